The molecule has 1 amide bonds. The second-order valence-corrected chi connectivity index (χ2v) is 22.3. The smallest absolute Gasteiger partial charge is 0.238 e. The maximum atomic E-state index is 15.6. The van der Waals surface area contributed by atoms with Gasteiger partial charge in [0.25, 0.3) is 0 Å². The first-order chi connectivity index (χ1) is 33.9. The van der Waals surface area contributed by atoms with E-state index in [-0.39, 0.29) is 59.2 Å². The number of nitrogens with zero attached hydrogens (tertiary/aromatic N) is 7. The Labute approximate surface area is 417 Å². The first-order valence-corrected chi connectivity index (χ1v) is 27.0. The van der Waals surface area contributed by atoms with E-state index in [2.05, 4.69) is 133 Å². The summed E-state index contributed by atoms with van der Waals surface area (Å²) in [4.78, 5) is 33.0. The number of hydrogen-bond acceptors (Lipinski definition) is 11. The number of hydrogen-bond donors (Lipinski definition) is 2. The number of likely N-dealkylation sites (tertiary alicyclic amines) is 1. The van der Waals surface area contributed by atoms with Gasteiger partial charge in [-0.2, -0.15) is 0 Å². The lowest BCUT2D eigenvalue weighted by Gasteiger charge is -2.56. The van der Waals surface area contributed by atoms with Gasteiger partial charge in [0.1, 0.15) is 0 Å². The van der Waals surface area contributed by atoms with Crippen molar-refractivity contribution < 1.29 is 19.0 Å². The van der Waals surface area contributed by atoms with Crippen molar-refractivity contribution in [2.24, 2.45) is 5.41 Å². The fraction of sp³-hybridized carbons (Fsp3) is 0.632. The number of carbonyl (C=O) groups is 1. The number of pyridine rings is 2. The van der Waals surface area contributed by atoms with Crippen LogP contribution in [0, 0.1) is 5.41 Å². The van der Waals surface area contributed by atoms with Crippen LogP contribution in [0.1, 0.15) is 141 Å². The van der Waals surface area contributed by atoms with Crippen LogP contribution in [0.15, 0.2) is 66.6 Å². The van der Waals surface area contributed by atoms with Crippen LogP contribution in [0.2, 0.25) is 0 Å². The van der Waals surface area contributed by atoms with Gasteiger partial charge in [-0.3, -0.25) is 24.6 Å². The summed E-state index contributed by atoms with van der Waals surface area (Å²) in [6.07, 6.45) is 14.1. The number of anilines is 1. The van der Waals surface area contributed by atoms with E-state index in [1.165, 1.54) is 33.4 Å². The molecule has 0 saturated carbocycles. The molecule has 1 spiro atoms. The molecule has 3 aromatic heterocycles. The van der Waals surface area contributed by atoms with Crippen LogP contribution in [0.25, 0.3) is 22.2 Å². The number of amides is 1. The van der Waals surface area contributed by atoms with E-state index < -0.39 is 0 Å². The number of fused-ring (bicyclic) bond motifs is 4. The van der Waals surface area contributed by atoms with Gasteiger partial charge in [0.05, 0.1) is 65.7 Å². The molecule has 1 aromatic carbocycles. The number of rotatable bonds is 15. The number of benzene rings is 1. The summed E-state index contributed by atoms with van der Waals surface area (Å²) in [7, 11) is 1.77. The highest BCUT2D eigenvalue weighted by Gasteiger charge is 2.54. The van der Waals surface area contributed by atoms with Crippen molar-refractivity contribution in [2.75, 3.05) is 64.5 Å². The molecule has 0 aliphatic carbocycles. The van der Waals surface area contributed by atoms with E-state index in [1.807, 2.05) is 18.5 Å². The lowest BCUT2D eigenvalue weighted by Crippen LogP contribution is -2.73. The minimum Gasteiger partial charge on any atom is -0.375 e. The first-order valence-electron chi connectivity index (χ1n) is 27.0. The van der Waals surface area contributed by atoms with Crippen LogP contribution < -0.4 is 15.6 Å². The predicted octanol–water partition coefficient (Wildman–Crippen LogP) is 8.94. The van der Waals surface area contributed by atoms with Crippen molar-refractivity contribution in [3.63, 3.8) is 0 Å². The van der Waals surface area contributed by atoms with Gasteiger partial charge in [-0.1, -0.05) is 46.3 Å². The third-order valence-corrected chi connectivity index (χ3v) is 17.4. The van der Waals surface area contributed by atoms with Gasteiger partial charge in [-0.15, -0.1) is 0 Å². The summed E-state index contributed by atoms with van der Waals surface area (Å²) >= 11 is 0. The summed E-state index contributed by atoms with van der Waals surface area (Å²) < 4.78 is 22.1. The Bertz CT molecular complexity index is 2530. The van der Waals surface area contributed by atoms with Crippen LogP contribution in [-0.2, 0) is 32.0 Å². The largest absolute Gasteiger partial charge is 0.375 e. The summed E-state index contributed by atoms with van der Waals surface area (Å²) in [5.74, 6) is 0.0908. The normalized spacial score (nSPS) is 26.5. The zero-order valence-electron chi connectivity index (χ0n) is 43.7. The Balaban J connectivity index is 1.04. The third-order valence-electron chi connectivity index (χ3n) is 17.4. The van der Waals surface area contributed by atoms with E-state index in [9.17, 15) is 0 Å². The molecule has 0 radical (unpaired) electrons. The summed E-state index contributed by atoms with van der Waals surface area (Å²) in [5, 5.41) is 7.50. The van der Waals surface area contributed by atoms with Crippen LogP contribution in [0.3, 0.4) is 0 Å². The lowest BCUT2D eigenvalue weighted by atomic mass is 9.81. The second kappa shape index (κ2) is 20.3. The molecule has 0 bridgehead atoms. The minimum atomic E-state index is -0.350. The Kier molecular flexibility index (Phi) is 14.3. The highest BCUT2D eigenvalue weighted by atomic mass is 16.5. The second-order valence-electron chi connectivity index (χ2n) is 22.3. The highest BCUT2D eigenvalue weighted by molar-refractivity contribution is 5.94. The predicted molar refractivity (Wildman–Crippen MR) is 279 cm³/mol. The summed E-state index contributed by atoms with van der Waals surface area (Å²) in [6, 6.07) is 15.3. The first kappa shape index (κ1) is 49.2. The van der Waals surface area contributed by atoms with E-state index >= 15 is 4.79 Å². The lowest BCUT2D eigenvalue weighted by molar-refractivity contribution is -0.156. The van der Waals surface area contributed by atoms with E-state index in [4.69, 9.17) is 24.2 Å². The number of methoxy groups -OCH3 is 1. The number of nitrogens with one attached hydrogen (secondary N) is 2. The van der Waals surface area contributed by atoms with Gasteiger partial charge in [0.15, 0.2) is 0 Å². The summed E-state index contributed by atoms with van der Waals surface area (Å²) in [5.41, 5.74) is 14.4. The number of morpholine rings is 1. The molecule has 10 rings (SSSR count). The number of carbonyl (C=O) groups excluding carboxylic acids is 1. The molecule has 378 valence electrons. The Morgan fingerprint density at radius 2 is 1.83 bits per heavy atom. The fourth-order valence-corrected chi connectivity index (χ4v) is 13.3. The number of hydrazine groups is 1. The quantitative estimate of drug-likeness (QED) is 0.119. The van der Waals surface area contributed by atoms with Gasteiger partial charge >= 0.3 is 0 Å². The molecule has 6 aliphatic rings. The van der Waals surface area contributed by atoms with Crippen molar-refractivity contribution in [2.45, 2.75) is 167 Å². The molecule has 4 aromatic rings. The van der Waals surface area contributed by atoms with Crippen molar-refractivity contribution in [3.05, 3.63) is 89.1 Å². The van der Waals surface area contributed by atoms with Gasteiger partial charge in [-0.25, -0.2) is 5.43 Å². The molecule has 5 saturated heterocycles. The van der Waals surface area contributed by atoms with Gasteiger partial charge in [-0.05, 0) is 132 Å². The van der Waals surface area contributed by atoms with Gasteiger partial charge < -0.3 is 34.0 Å². The van der Waals surface area contributed by atoms with Gasteiger partial charge in [0, 0.05) is 105 Å². The number of aryl methyl sites for hydroxylation is 1. The van der Waals surface area contributed by atoms with Crippen molar-refractivity contribution in [3.8, 4) is 11.3 Å². The molecule has 3 unspecified atom stereocenters. The Morgan fingerprint density at radius 3 is 2.57 bits per heavy atom. The molecule has 70 heavy (non-hydrogen) atoms. The fourth-order valence-electron chi connectivity index (χ4n) is 13.3. The molecule has 6 aliphatic heterocycles. The van der Waals surface area contributed by atoms with Crippen molar-refractivity contribution >= 4 is 22.5 Å². The van der Waals surface area contributed by atoms with Crippen LogP contribution >= 0.6 is 0 Å². The average Bonchev–Trinajstić information content (AvgIpc) is 4.13. The SMILES string of the molecule is C/C=C(\[C@@H](NC(=O)[C@@H]1C(C)c2cccnc2[C@H]2CCCN21)[C@@H](C1CN(c2ccc3c(c2)c(CC(C)(C)CC)c(-c2cccnc2C(C)OC)n3CC)CCO1)N1CC2(CCCO2)C1)N1CCC[C@@H](C)N1. The van der Waals surface area contributed by atoms with Crippen molar-refractivity contribution in [1.82, 2.24) is 40.1 Å². The maximum Gasteiger partial charge on any atom is 0.238 e. The molecule has 9 heterocycles. The third kappa shape index (κ3) is 9.10. The van der Waals surface area contributed by atoms with Crippen LogP contribution in [0.5, 0.6) is 0 Å². The van der Waals surface area contributed by atoms with E-state index in [1.54, 1.807) is 7.11 Å². The minimum absolute atomic E-state index is 0.00107. The van der Waals surface area contributed by atoms with Gasteiger partial charge in [0.2, 0.25) is 5.91 Å². The number of aromatic nitrogens is 3. The maximum absolute atomic E-state index is 15.6. The highest BCUT2D eigenvalue weighted by Crippen LogP contribution is 2.46. The standard InChI is InChI=1S/C57H81N9O4/c1-10-45(66-28-15-18-37(4)61-66)51(60-55(67)52-38(5)41-19-13-26-59-50(41)47-21-16-27-65(47)52)54(63-35-57(36-63)24-17-30-70-57)48-34-62(29-31-69-48)40-22-23-46-43(32-40)44(33-56(7,8)11-2)53(64(46)12-3)42-20-14-25-58-49(42)39(6)68-9/h10,13-14,19-20,22-23,25-26,32,37-39,47-48,51-52,54,61H,11-12,15-18,21,24,27-31,33-36H2,1-9H3,(H,60,67)/b45-10+/t37-,38?,39?,47-,48?,51-,52+,54-/m1/s1. The molecule has 8 atom stereocenters. The van der Waals surface area contributed by atoms with E-state index in [0.29, 0.717) is 19.2 Å². The molecule has 13 heteroatoms. The number of ether oxygens (including phenoxy) is 3. The Morgan fingerprint density at radius 1 is 1.03 bits per heavy atom. The molecule has 13 nitrogen and oxygen atoms in total. The summed E-state index contributed by atoms with van der Waals surface area (Å²) in [6.45, 7) is 25.2. The average molecular weight is 956 g/mol. The van der Waals surface area contributed by atoms with E-state index in [0.717, 1.165) is 120 Å². The molecular weight excluding hydrogens is 875 g/mol. The number of allylic oxidation sites excluding steroid dienone is 1. The topological polar surface area (TPSA) is 112 Å². The molecule has 2 N–H and O–H groups in total. The van der Waals surface area contributed by atoms with Crippen LogP contribution in [0.4, 0.5) is 5.69 Å². The molecular formula is C57H81N9O4. The molecule has 5 fully saturated rings. The van der Waals surface area contributed by atoms with Crippen LogP contribution in [-0.4, -0.2) is 131 Å². The monoisotopic (exact) mass is 956 g/mol. The van der Waals surface area contributed by atoms with Crippen molar-refractivity contribution in [1.29, 1.82) is 0 Å². The zero-order valence-corrected chi connectivity index (χ0v) is 43.7. The zero-order chi connectivity index (χ0) is 48.9. The Hall–Kier alpha value is -4.37.